The fourth-order valence-corrected chi connectivity index (χ4v) is 4.66. The van der Waals surface area contributed by atoms with E-state index in [0.29, 0.717) is 34.6 Å². The molecule has 0 atom stereocenters. The minimum absolute atomic E-state index is 0.105. The van der Waals surface area contributed by atoms with Gasteiger partial charge in [0.25, 0.3) is 5.91 Å². The number of nitrogens with zero attached hydrogens (tertiary/aromatic N) is 2. The first-order valence-electron chi connectivity index (χ1n) is 13.3. The first-order valence-corrected chi connectivity index (χ1v) is 13.7. The van der Waals surface area contributed by atoms with Gasteiger partial charge in [-0.2, -0.15) is 0 Å². The lowest BCUT2D eigenvalue weighted by molar-refractivity contribution is 0.0724. The highest BCUT2D eigenvalue weighted by Crippen LogP contribution is 2.29. The maximum atomic E-state index is 12.7. The van der Waals surface area contributed by atoms with E-state index in [-0.39, 0.29) is 5.91 Å². The number of benzene rings is 4. The molecule has 4 aromatic carbocycles. The molecule has 4 aromatic rings. The lowest BCUT2D eigenvalue weighted by Crippen LogP contribution is -2.35. The van der Waals surface area contributed by atoms with Crippen LogP contribution in [0.2, 0.25) is 5.02 Å². The third-order valence-electron chi connectivity index (χ3n) is 6.66. The summed E-state index contributed by atoms with van der Waals surface area (Å²) in [7, 11) is 1.61. The number of rotatable bonds is 9. The van der Waals surface area contributed by atoms with Gasteiger partial charge in [0.2, 0.25) is 0 Å². The summed E-state index contributed by atoms with van der Waals surface area (Å²) in [6.45, 7) is 2.05. The minimum Gasteiger partial charge on any atom is -0.493 e. The van der Waals surface area contributed by atoms with Crippen molar-refractivity contribution in [2.24, 2.45) is 4.99 Å². The summed E-state index contributed by atoms with van der Waals surface area (Å²) in [5.74, 6) is 2.74. The summed E-state index contributed by atoms with van der Waals surface area (Å²) in [4.78, 5) is 19.2. The van der Waals surface area contributed by atoms with Gasteiger partial charge in [0.05, 0.1) is 12.8 Å². The molecule has 1 saturated heterocycles. The van der Waals surface area contributed by atoms with E-state index >= 15 is 0 Å². The lowest BCUT2D eigenvalue weighted by atomic mass is 10.1. The number of hydrogen-bond acceptors (Lipinski definition) is 5. The molecule has 40 heavy (non-hydrogen) atoms. The first-order chi connectivity index (χ1) is 19.6. The second-order valence-electron chi connectivity index (χ2n) is 9.56. The van der Waals surface area contributed by atoms with Gasteiger partial charge >= 0.3 is 0 Å². The second-order valence-corrected chi connectivity index (χ2v) is 10.00. The molecule has 6 nitrogen and oxygen atoms in total. The van der Waals surface area contributed by atoms with E-state index in [1.807, 2.05) is 83.8 Å². The van der Waals surface area contributed by atoms with Crippen molar-refractivity contribution >= 4 is 29.4 Å². The van der Waals surface area contributed by atoms with Crippen molar-refractivity contribution in [3.05, 3.63) is 113 Å². The number of piperidine rings is 1. The number of amides is 1. The van der Waals surface area contributed by atoms with Gasteiger partial charge in [-0.15, -0.1) is 0 Å². The predicted octanol–water partition coefficient (Wildman–Crippen LogP) is 8.10. The number of aliphatic imine (C=N–C) groups is 1. The van der Waals surface area contributed by atoms with Crippen LogP contribution < -0.4 is 14.2 Å². The van der Waals surface area contributed by atoms with Crippen LogP contribution in [-0.4, -0.2) is 37.2 Å². The number of halogens is 1. The Kier molecular flexibility index (Phi) is 8.99. The molecular weight excluding hydrogens is 524 g/mol. The van der Waals surface area contributed by atoms with Gasteiger partial charge in [-0.05, 0) is 103 Å². The van der Waals surface area contributed by atoms with Gasteiger partial charge < -0.3 is 19.1 Å². The maximum absolute atomic E-state index is 12.7. The van der Waals surface area contributed by atoms with Crippen molar-refractivity contribution < 1.29 is 19.0 Å². The van der Waals surface area contributed by atoms with Gasteiger partial charge in [-0.25, -0.2) is 0 Å². The van der Waals surface area contributed by atoms with Crippen LogP contribution in [0, 0.1) is 0 Å². The Labute approximate surface area is 239 Å². The lowest BCUT2D eigenvalue weighted by Gasteiger charge is -2.26. The zero-order chi connectivity index (χ0) is 27.7. The summed E-state index contributed by atoms with van der Waals surface area (Å²) < 4.78 is 17.4. The van der Waals surface area contributed by atoms with Gasteiger partial charge in [-0.3, -0.25) is 9.79 Å². The zero-order valence-corrected chi connectivity index (χ0v) is 23.1. The average Bonchev–Trinajstić information content (AvgIpc) is 3.00. The van der Waals surface area contributed by atoms with Crippen LogP contribution >= 0.6 is 11.6 Å². The Morgan fingerprint density at radius 1 is 0.875 bits per heavy atom. The topological polar surface area (TPSA) is 60.4 Å². The predicted molar refractivity (Wildman–Crippen MR) is 159 cm³/mol. The van der Waals surface area contributed by atoms with E-state index in [9.17, 15) is 4.79 Å². The Balaban J connectivity index is 1.17. The number of methoxy groups -OCH3 is 1. The van der Waals surface area contributed by atoms with Crippen molar-refractivity contribution in [3.8, 4) is 23.0 Å². The molecule has 0 N–H and O–H groups in total. The maximum Gasteiger partial charge on any atom is 0.253 e. The molecule has 204 valence electrons. The molecule has 0 unspecified atom stereocenters. The number of ether oxygens (including phenoxy) is 3. The molecule has 0 radical (unpaired) electrons. The zero-order valence-electron chi connectivity index (χ0n) is 22.4. The Morgan fingerprint density at radius 2 is 1.65 bits per heavy atom. The van der Waals surface area contributed by atoms with E-state index in [1.165, 1.54) is 6.42 Å². The van der Waals surface area contributed by atoms with Crippen molar-refractivity contribution in [1.82, 2.24) is 4.90 Å². The highest BCUT2D eigenvalue weighted by molar-refractivity contribution is 6.30. The van der Waals surface area contributed by atoms with Gasteiger partial charge in [0, 0.05) is 29.9 Å². The molecule has 1 aliphatic rings. The van der Waals surface area contributed by atoms with Crippen LogP contribution in [0.4, 0.5) is 5.69 Å². The van der Waals surface area contributed by atoms with Crippen LogP contribution in [0.25, 0.3) is 0 Å². The summed E-state index contributed by atoms with van der Waals surface area (Å²) >= 11 is 6.02. The van der Waals surface area contributed by atoms with Gasteiger partial charge in [0.15, 0.2) is 11.5 Å². The quantitative estimate of drug-likeness (QED) is 0.196. The van der Waals surface area contributed by atoms with E-state index in [1.54, 1.807) is 25.5 Å². The minimum atomic E-state index is 0.105. The number of hydrogen-bond donors (Lipinski definition) is 0. The summed E-state index contributed by atoms with van der Waals surface area (Å²) in [6, 6.07) is 28.1. The number of likely N-dealkylation sites (tertiary alicyclic amines) is 1. The van der Waals surface area contributed by atoms with E-state index in [0.717, 1.165) is 48.3 Å². The standard InChI is InChI=1S/C33H31ClN2O4/c1-38-32-20-25(22-35-28-13-15-29(16-14-28)40-30-7-5-6-27(34)21-30)10-17-31(32)39-23-24-8-11-26(12-9-24)33(37)36-18-3-2-4-19-36/h5-17,20-22H,2-4,18-19,23H2,1H3. The van der Waals surface area contributed by atoms with E-state index < -0.39 is 0 Å². The largest absolute Gasteiger partial charge is 0.493 e. The Bertz CT molecular complexity index is 1460. The molecule has 1 heterocycles. The smallest absolute Gasteiger partial charge is 0.253 e. The SMILES string of the molecule is COc1cc(C=Nc2ccc(Oc3cccc(Cl)c3)cc2)ccc1OCc1ccc(C(=O)N2CCCCC2)cc1. The molecule has 0 aliphatic carbocycles. The molecule has 0 bridgehead atoms. The Hall–Kier alpha value is -4.29. The fraction of sp³-hybridized carbons (Fsp3) is 0.212. The molecule has 0 spiro atoms. The number of carbonyl (C=O) groups is 1. The van der Waals surface area contributed by atoms with E-state index in [4.69, 9.17) is 25.8 Å². The van der Waals surface area contributed by atoms with Crippen molar-refractivity contribution in [2.75, 3.05) is 20.2 Å². The van der Waals surface area contributed by atoms with Gasteiger partial charge in [-0.1, -0.05) is 29.8 Å². The van der Waals surface area contributed by atoms with E-state index in [2.05, 4.69) is 4.99 Å². The average molecular weight is 555 g/mol. The van der Waals surface area contributed by atoms with Crippen molar-refractivity contribution in [1.29, 1.82) is 0 Å². The molecule has 0 aromatic heterocycles. The molecule has 7 heteroatoms. The highest BCUT2D eigenvalue weighted by Gasteiger charge is 2.18. The molecule has 1 aliphatic heterocycles. The van der Waals surface area contributed by atoms with Crippen LogP contribution in [0.5, 0.6) is 23.0 Å². The van der Waals surface area contributed by atoms with Crippen LogP contribution in [0.3, 0.4) is 0 Å². The molecule has 0 saturated carbocycles. The third-order valence-corrected chi connectivity index (χ3v) is 6.89. The summed E-state index contributed by atoms with van der Waals surface area (Å²) in [6.07, 6.45) is 5.14. The van der Waals surface area contributed by atoms with Crippen molar-refractivity contribution in [2.45, 2.75) is 25.9 Å². The molecule has 5 rings (SSSR count). The fourth-order valence-electron chi connectivity index (χ4n) is 4.48. The molecule has 1 fully saturated rings. The highest BCUT2D eigenvalue weighted by atomic mass is 35.5. The van der Waals surface area contributed by atoms with Crippen LogP contribution in [0.1, 0.15) is 40.7 Å². The second kappa shape index (κ2) is 13.2. The van der Waals surface area contributed by atoms with Crippen LogP contribution in [-0.2, 0) is 6.61 Å². The first kappa shape index (κ1) is 27.3. The summed E-state index contributed by atoms with van der Waals surface area (Å²) in [5.41, 5.74) is 3.37. The molecule has 1 amide bonds. The molecular formula is C33H31ClN2O4. The van der Waals surface area contributed by atoms with Crippen LogP contribution in [0.15, 0.2) is 96.0 Å². The Morgan fingerprint density at radius 3 is 2.38 bits per heavy atom. The third kappa shape index (κ3) is 7.21. The summed E-state index contributed by atoms with van der Waals surface area (Å²) in [5, 5.41) is 0.625. The monoisotopic (exact) mass is 554 g/mol. The normalized spacial score (nSPS) is 13.3. The number of carbonyl (C=O) groups excluding carboxylic acids is 1. The van der Waals surface area contributed by atoms with Gasteiger partial charge in [0.1, 0.15) is 18.1 Å². The van der Waals surface area contributed by atoms with Crippen molar-refractivity contribution in [3.63, 3.8) is 0 Å².